The number of nitrogens with zero attached hydrogens (tertiary/aromatic N) is 2. The van der Waals surface area contributed by atoms with Gasteiger partial charge in [0.05, 0.1) is 22.5 Å². The highest BCUT2D eigenvalue weighted by molar-refractivity contribution is 6.32. The number of aromatic amines is 1. The molecule has 0 unspecified atom stereocenters. The van der Waals surface area contributed by atoms with Gasteiger partial charge in [0.2, 0.25) is 0 Å². The van der Waals surface area contributed by atoms with E-state index in [4.69, 9.17) is 11.6 Å². The molecule has 4 nitrogen and oxygen atoms in total. The highest BCUT2D eigenvalue weighted by atomic mass is 35.5. The number of aromatic nitrogens is 3. The number of anilines is 1. The lowest BCUT2D eigenvalue weighted by molar-refractivity contribution is -0.137. The number of halogens is 4. The summed E-state index contributed by atoms with van der Waals surface area (Å²) in [5.74, 6) is 0.534. The van der Waals surface area contributed by atoms with Gasteiger partial charge in [-0.2, -0.15) is 18.3 Å². The summed E-state index contributed by atoms with van der Waals surface area (Å²) in [6, 6.07) is 6.72. The SMILES string of the molecule is Cc1cnc(NCc2cn[nH]c2-c2ccc(C(F)(F)F)cc2)c(Cl)c1. The molecule has 2 aromatic heterocycles. The Kier molecular flexibility index (Phi) is 4.67. The van der Waals surface area contributed by atoms with Gasteiger partial charge in [0.1, 0.15) is 5.82 Å². The Morgan fingerprint density at radius 1 is 1.16 bits per heavy atom. The van der Waals surface area contributed by atoms with Crippen LogP contribution in [0.4, 0.5) is 19.0 Å². The van der Waals surface area contributed by atoms with Crippen LogP contribution in [-0.2, 0) is 12.7 Å². The maximum atomic E-state index is 12.7. The standard InChI is InChI=1S/C17H14ClF3N4/c1-10-6-14(18)16(22-7-10)23-8-12-9-24-25-15(12)11-2-4-13(5-3-11)17(19,20)21/h2-7,9H,8H2,1H3,(H,22,23)(H,24,25). The number of hydrogen-bond acceptors (Lipinski definition) is 3. The zero-order valence-electron chi connectivity index (χ0n) is 13.2. The van der Waals surface area contributed by atoms with Crippen LogP contribution in [0, 0.1) is 6.92 Å². The van der Waals surface area contributed by atoms with E-state index in [1.54, 1.807) is 18.5 Å². The first kappa shape index (κ1) is 17.3. The molecule has 0 aliphatic heterocycles. The first-order valence-electron chi connectivity index (χ1n) is 7.40. The smallest absolute Gasteiger partial charge is 0.365 e. The van der Waals surface area contributed by atoms with Crippen molar-refractivity contribution in [3.63, 3.8) is 0 Å². The van der Waals surface area contributed by atoms with Crippen molar-refractivity contribution < 1.29 is 13.2 Å². The summed E-state index contributed by atoms with van der Waals surface area (Å²) in [5.41, 5.74) is 2.31. The average molecular weight is 367 g/mol. The lowest BCUT2D eigenvalue weighted by atomic mass is 10.1. The second-order valence-electron chi connectivity index (χ2n) is 5.54. The van der Waals surface area contributed by atoms with Gasteiger partial charge in [-0.15, -0.1) is 0 Å². The van der Waals surface area contributed by atoms with E-state index in [9.17, 15) is 13.2 Å². The predicted molar refractivity (Wildman–Crippen MR) is 90.3 cm³/mol. The fourth-order valence-electron chi connectivity index (χ4n) is 2.36. The Morgan fingerprint density at radius 2 is 1.88 bits per heavy atom. The molecule has 0 saturated carbocycles. The van der Waals surface area contributed by atoms with Crippen LogP contribution < -0.4 is 5.32 Å². The van der Waals surface area contributed by atoms with Gasteiger partial charge in [-0.05, 0) is 36.2 Å². The van der Waals surface area contributed by atoms with Crippen molar-refractivity contribution in [2.75, 3.05) is 5.32 Å². The number of alkyl halides is 3. The molecule has 0 radical (unpaired) electrons. The third-order valence-corrected chi connectivity index (χ3v) is 3.93. The number of benzene rings is 1. The molecule has 0 amide bonds. The van der Waals surface area contributed by atoms with E-state index in [2.05, 4.69) is 20.5 Å². The maximum Gasteiger partial charge on any atom is 0.416 e. The van der Waals surface area contributed by atoms with Crippen LogP contribution in [0.2, 0.25) is 5.02 Å². The second kappa shape index (κ2) is 6.76. The third-order valence-electron chi connectivity index (χ3n) is 3.64. The van der Waals surface area contributed by atoms with E-state index in [0.717, 1.165) is 23.3 Å². The number of hydrogen-bond donors (Lipinski definition) is 2. The van der Waals surface area contributed by atoms with E-state index in [0.29, 0.717) is 28.6 Å². The number of aryl methyl sites for hydroxylation is 1. The summed E-state index contributed by atoms with van der Waals surface area (Å²) in [5, 5.41) is 10.4. The summed E-state index contributed by atoms with van der Waals surface area (Å²) in [6.45, 7) is 2.27. The van der Waals surface area contributed by atoms with E-state index >= 15 is 0 Å². The first-order chi connectivity index (χ1) is 11.8. The van der Waals surface area contributed by atoms with Gasteiger partial charge < -0.3 is 5.32 Å². The van der Waals surface area contributed by atoms with Gasteiger partial charge in [-0.25, -0.2) is 4.98 Å². The number of H-pyrrole nitrogens is 1. The summed E-state index contributed by atoms with van der Waals surface area (Å²) < 4.78 is 38.0. The minimum Gasteiger partial charge on any atom is -0.365 e. The molecule has 0 spiro atoms. The largest absolute Gasteiger partial charge is 0.416 e. The zero-order valence-corrected chi connectivity index (χ0v) is 13.9. The van der Waals surface area contributed by atoms with Gasteiger partial charge in [0, 0.05) is 18.3 Å². The number of nitrogens with one attached hydrogen (secondary N) is 2. The van der Waals surface area contributed by atoms with Crippen LogP contribution in [0.15, 0.2) is 42.7 Å². The van der Waals surface area contributed by atoms with Crippen LogP contribution in [0.1, 0.15) is 16.7 Å². The topological polar surface area (TPSA) is 53.6 Å². The predicted octanol–water partition coefficient (Wildman–Crippen LogP) is 5.06. The van der Waals surface area contributed by atoms with Gasteiger partial charge in [-0.1, -0.05) is 23.7 Å². The molecule has 130 valence electrons. The molecule has 0 bridgehead atoms. The lowest BCUT2D eigenvalue weighted by Crippen LogP contribution is -2.04. The Morgan fingerprint density at radius 3 is 2.52 bits per heavy atom. The van der Waals surface area contributed by atoms with E-state index in [1.165, 1.54) is 12.1 Å². The van der Waals surface area contributed by atoms with E-state index < -0.39 is 11.7 Å². The minimum atomic E-state index is -4.36. The average Bonchev–Trinajstić information content (AvgIpc) is 3.02. The van der Waals surface area contributed by atoms with Crippen molar-refractivity contribution in [1.82, 2.24) is 15.2 Å². The molecule has 2 heterocycles. The molecule has 0 saturated heterocycles. The molecule has 25 heavy (non-hydrogen) atoms. The first-order valence-corrected chi connectivity index (χ1v) is 7.78. The second-order valence-corrected chi connectivity index (χ2v) is 5.95. The minimum absolute atomic E-state index is 0.378. The Labute approximate surface area is 147 Å². The third kappa shape index (κ3) is 3.93. The lowest BCUT2D eigenvalue weighted by Gasteiger charge is -2.10. The maximum absolute atomic E-state index is 12.7. The van der Waals surface area contributed by atoms with Crippen molar-refractivity contribution in [2.24, 2.45) is 0 Å². The monoisotopic (exact) mass is 366 g/mol. The van der Waals surface area contributed by atoms with E-state index in [1.807, 2.05) is 6.92 Å². The molecule has 3 rings (SSSR count). The van der Waals surface area contributed by atoms with Gasteiger partial charge in [0.15, 0.2) is 0 Å². The molecule has 3 aromatic rings. The van der Waals surface area contributed by atoms with Gasteiger partial charge in [-0.3, -0.25) is 5.10 Å². The summed E-state index contributed by atoms with van der Waals surface area (Å²) >= 11 is 6.13. The fraction of sp³-hybridized carbons (Fsp3) is 0.176. The van der Waals surface area contributed by atoms with Crippen LogP contribution >= 0.6 is 11.6 Å². The molecular weight excluding hydrogens is 353 g/mol. The van der Waals surface area contributed by atoms with Gasteiger partial charge >= 0.3 is 6.18 Å². The molecule has 8 heteroatoms. The molecule has 0 aliphatic carbocycles. The Balaban J connectivity index is 1.78. The highest BCUT2D eigenvalue weighted by Crippen LogP contribution is 2.31. The summed E-state index contributed by atoms with van der Waals surface area (Å²) in [4.78, 5) is 4.22. The normalized spacial score (nSPS) is 11.6. The number of rotatable bonds is 4. The van der Waals surface area contributed by atoms with Crippen LogP contribution in [0.3, 0.4) is 0 Å². The molecule has 1 aromatic carbocycles. The van der Waals surface area contributed by atoms with Gasteiger partial charge in [0.25, 0.3) is 0 Å². The molecule has 0 fully saturated rings. The van der Waals surface area contributed by atoms with Crippen molar-refractivity contribution in [2.45, 2.75) is 19.6 Å². The van der Waals surface area contributed by atoms with Crippen molar-refractivity contribution in [3.05, 3.63) is 64.4 Å². The summed E-state index contributed by atoms with van der Waals surface area (Å²) in [6.07, 6.45) is -1.05. The highest BCUT2D eigenvalue weighted by Gasteiger charge is 2.30. The van der Waals surface area contributed by atoms with Crippen LogP contribution in [0.25, 0.3) is 11.3 Å². The zero-order chi connectivity index (χ0) is 18.0. The number of pyridine rings is 1. The summed E-state index contributed by atoms with van der Waals surface area (Å²) in [7, 11) is 0. The molecule has 2 N–H and O–H groups in total. The van der Waals surface area contributed by atoms with Crippen LogP contribution in [0.5, 0.6) is 0 Å². The molecule has 0 aliphatic rings. The van der Waals surface area contributed by atoms with E-state index in [-0.39, 0.29) is 0 Å². The molecular formula is C17H14ClF3N4. The quantitative estimate of drug-likeness (QED) is 0.678. The van der Waals surface area contributed by atoms with Crippen LogP contribution in [-0.4, -0.2) is 15.2 Å². The molecule has 0 atom stereocenters. The van der Waals surface area contributed by atoms with Crippen molar-refractivity contribution >= 4 is 17.4 Å². The van der Waals surface area contributed by atoms with Crippen molar-refractivity contribution in [3.8, 4) is 11.3 Å². The fourth-order valence-corrected chi connectivity index (χ4v) is 2.65. The van der Waals surface area contributed by atoms with Crippen molar-refractivity contribution in [1.29, 1.82) is 0 Å². The Hall–Kier alpha value is -2.54. The Bertz CT molecular complexity index is 872.